The minimum absolute atomic E-state index is 0.0516. The third-order valence-electron chi connectivity index (χ3n) is 3.46. The van der Waals surface area contributed by atoms with Gasteiger partial charge in [-0.2, -0.15) is 0 Å². The molecule has 0 saturated heterocycles. The maximum atomic E-state index is 12.7. The van der Waals surface area contributed by atoms with E-state index in [1.54, 1.807) is 17.0 Å². The van der Waals surface area contributed by atoms with Gasteiger partial charge in [0.25, 0.3) is 11.6 Å². The molecule has 0 saturated carbocycles. The van der Waals surface area contributed by atoms with Gasteiger partial charge in [-0.15, -0.1) is 0 Å². The highest BCUT2D eigenvalue weighted by atomic mass is 35.5. The molecule has 1 heterocycles. The summed E-state index contributed by atoms with van der Waals surface area (Å²) in [5, 5.41) is 11.9. The van der Waals surface area contributed by atoms with Crippen molar-refractivity contribution in [3.63, 3.8) is 0 Å². The fraction of sp³-hybridized carbons (Fsp3) is 0.125. The number of nitrogens with zero attached hydrogens (tertiary/aromatic N) is 3. The van der Waals surface area contributed by atoms with Gasteiger partial charge >= 0.3 is 0 Å². The molecule has 1 amide bonds. The number of non-ortho nitro benzene ring substituents is 1. The van der Waals surface area contributed by atoms with Crippen LogP contribution in [0.2, 0.25) is 5.02 Å². The number of thiazole rings is 1. The second-order valence-corrected chi connectivity index (χ2v) is 6.41. The van der Waals surface area contributed by atoms with Gasteiger partial charge in [0.15, 0.2) is 5.13 Å². The topological polar surface area (TPSA) is 76.3 Å². The van der Waals surface area contributed by atoms with Gasteiger partial charge in [0, 0.05) is 29.3 Å². The summed E-state index contributed by atoms with van der Waals surface area (Å²) in [6.07, 6.45) is 0. The van der Waals surface area contributed by atoms with Crippen LogP contribution in [0.3, 0.4) is 0 Å². The summed E-state index contributed by atoms with van der Waals surface area (Å²) in [6, 6.07) is 10.9. The standard InChI is InChI=1S/C16H12ClN3O3S/c1-2-19(15(21)10-3-6-12(7-4-10)20(22)23)16-18-13-9-11(17)5-8-14(13)24-16/h3-9H,2H2,1H3. The molecule has 3 rings (SSSR count). The maximum absolute atomic E-state index is 12.7. The molecule has 1 aromatic heterocycles. The Bertz CT molecular complexity index is 924. The Morgan fingerprint density at radius 1 is 1.29 bits per heavy atom. The highest BCUT2D eigenvalue weighted by Crippen LogP contribution is 2.31. The van der Waals surface area contributed by atoms with Crippen LogP contribution < -0.4 is 4.90 Å². The highest BCUT2D eigenvalue weighted by molar-refractivity contribution is 7.22. The number of hydrogen-bond acceptors (Lipinski definition) is 5. The second-order valence-electron chi connectivity index (χ2n) is 4.96. The van der Waals surface area contributed by atoms with E-state index in [2.05, 4.69) is 4.98 Å². The summed E-state index contributed by atoms with van der Waals surface area (Å²) >= 11 is 7.37. The second kappa shape index (κ2) is 6.54. The first-order chi connectivity index (χ1) is 11.5. The first-order valence-corrected chi connectivity index (χ1v) is 8.31. The van der Waals surface area contributed by atoms with Crippen molar-refractivity contribution in [2.24, 2.45) is 0 Å². The fourth-order valence-corrected chi connectivity index (χ4v) is 3.43. The molecule has 0 aliphatic carbocycles. The zero-order valence-electron chi connectivity index (χ0n) is 12.6. The number of fused-ring (bicyclic) bond motifs is 1. The van der Waals surface area contributed by atoms with E-state index >= 15 is 0 Å². The summed E-state index contributed by atoms with van der Waals surface area (Å²) in [6.45, 7) is 2.28. The van der Waals surface area contributed by atoms with Crippen LogP contribution in [0.25, 0.3) is 10.2 Å². The summed E-state index contributed by atoms with van der Waals surface area (Å²) in [4.78, 5) is 28.9. The largest absolute Gasteiger partial charge is 0.284 e. The number of amides is 1. The highest BCUT2D eigenvalue weighted by Gasteiger charge is 2.20. The van der Waals surface area contributed by atoms with Crippen molar-refractivity contribution in [1.29, 1.82) is 0 Å². The first kappa shape index (κ1) is 16.4. The van der Waals surface area contributed by atoms with E-state index in [1.807, 2.05) is 13.0 Å². The van der Waals surface area contributed by atoms with Gasteiger partial charge in [0.05, 0.1) is 15.1 Å². The van der Waals surface area contributed by atoms with E-state index in [9.17, 15) is 14.9 Å². The van der Waals surface area contributed by atoms with Crippen molar-refractivity contribution >= 4 is 49.9 Å². The number of carbonyl (C=O) groups excluding carboxylic acids is 1. The van der Waals surface area contributed by atoms with Gasteiger partial charge in [-0.1, -0.05) is 22.9 Å². The van der Waals surface area contributed by atoms with Crippen molar-refractivity contribution < 1.29 is 9.72 Å². The van der Waals surface area contributed by atoms with Crippen molar-refractivity contribution in [3.05, 3.63) is 63.2 Å². The van der Waals surface area contributed by atoms with Crippen molar-refractivity contribution in [2.75, 3.05) is 11.4 Å². The molecule has 3 aromatic rings. The Hall–Kier alpha value is -2.51. The Morgan fingerprint density at radius 2 is 2.00 bits per heavy atom. The van der Waals surface area contributed by atoms with E-state index in [4.69, 9.17) is 11.6 Å². The van der Waals surface area contributed by atoms with Crippen LogP contribution in [0.1, 0.15) is 17.3 Å². The molecule has 6 nitrogen and oxygen atoms in total. The SMILES string of the molecule is CCN(C(=O)c1ccc([N+](=O)[O-])cc1)c1nc2cc(Cl)ccc2s1. The third-order valence-corrected chi connectivity index (χ3v) is 4.75. The van der Waals surface area contributed by atoms with Gasteiger partial charge in [0.2, 0.25) is 0 Å². The molecule has 0 spiro atoms. The molecule has 0 bridgehead atoms. The number of nitro benzene ring substituents is 1. The summed E-state index contributed by atoms with van der Waals surface area (Å²) in [5.74, 6) is -0.252. The van der Waals surface area contributed by atoms with E-state index < -0.39 is 4.92 Å². The lowest BCUT2D eigenvalue weighted by Crippen LogP contribution is -2.30. The van der Waals surface area contributed by atoms with Crippen LogP contribution in [0.4, 0.5) is 10.8 Å². The number of carbonyl (C=O) groups is 1. The van der Waals surface area contributed by atoms with E-state index in [0.717, 1.165) is 10.2 Å². The lowest BCUT2D eigenvalue weighted by Gasteiger charge is -2.17. The van der Waals surface area contributed by atoms with E-state index in [-0.39, 0.29) is 11.6 Å². The molecule has 122 valence electrons. The van der Waals surface area contributed by atoms with Crippen molar-refractivity contribution in [2.45, 2.75) is 6.92 Å². The lowest BCUT2D eigenvalue weighted by molar-refractivity contribution is -0.384. The van der Waals surface area contributed by atoms with Gasteiger partial charge in [0.1, 0.15) is 0 Å². The van der Waals surface area contributed by atoms with Crippen LogP contribution in [0, 0.1) is 10.1 Å². The van der Waals surface area contributed by atoms with Gasteiger partial charge < -0.3 is 0 Å². The molecule has 0 fully saturated rings. The van der Waals surface area contributed by atoms with Crippen molar-refractivity contribution in [3.8, 4) is 0 Å². The molecule has 24 heavy (non-hydrogen) atoms. The molecule has 0 aliphatic heterocycles. The Balaban J connectivity index is 1.94. The summed E-state index contributed by atoms with van der Waals surface area (Å²) in [7, 11) is 0. The van der Waals surface area contributed by atoms with Crippen LogP contribution in [-0.4, -0.2) is 22.4 Å². The van der Waals surface area contributed by atoms with Crippen LogP contribution in [-0.2, 0) is 0 Å². The molecular formula is C16H12ClN3O3S. The van der Waals surface area contributed by atoms with Gasteiger partial charge in [-0.3, -0.25) is 19.8 Å². The van der Waals surface area contributed by atoms with Crippen LogP contribution >= 0.6 is 22.9 Å². The average molecular weight is 362 g/mol. The summed E-state index contributed by atoms with van der Waals surface area (Å²) in [5.41, 5.74) is 1.06. The zero-order valence-corrected chi connectivity index (χ0v) is 14.2. The van der Waals surface area contributed by atoms with Gasteiger partial charge in [-0.05, 0) is 37.3 Å². The monoisotopic (exact) mass is 361 g/mol. The zero-order chi connectivity index (χ0) is 17.3. The molecule has 0 unspecified atom stereocenters. The lowest BCUT2D eigenvalue weighted by atomic mass is 10.2. The Kier molecular flexibility index (Phi) is 4.46. The molecule has 0 atom stereocenters. The Morgan fingerprint density at radius 3 is 2.62 bits per heavy atom. The molecule has 0 N–H and O–H groups in total. The number of hydrogen-bond donors (Lipinski definition) is 0. The predicted molar refractivity (Wildman–Crippen MR) is 95.1 cm³/mol. The van der Waals surface area contributed by atoms with E-state index in [1.165, 1.54) is 35.6 Å². The maximum Gasteiger partial charge on any atom is 0.269 e. The van der Waals surface area contributed by atoms with Gasteiger partial charge in [-0.25, -0.2) is 4.98 Å². The number of benzene rings is 2. The molecular weight excluding hydrogens is 350 g/mol. The van der Waals surface area contributed by atoms with Crippen LogP contribution in [0.5, 0.6) is 0 Å². The third kappa shape index (κ3) is 3.08. The molecule has 2 aromatic carbocycles. The minimum Gasteiger partial charge on any atom is -0.284 e. The molecule has 0 radical (unpaired) electrons. The van der Waals surface area contributed by atoms with Crippen LogP contribution in [0.15, 0.2) is 42.5 Å². The van der Waals surface area contributed by atoms with Crippen molar-refractivity contribution in [1.82, 2.24) is 4.98 Å². The smallest absolute Gasteiger partial charge is 0.269 e. The summed E-state index contributed by atoms with van der Waals surface area (Å²) < 4.78 is 0.935. The average Bonchev–Trinajstić information content (AvgIpc) is 2.98. The molecule has 8 heteroatoms. The first-order valence-electron chi connectivity index (χ1n) is 7.12. The number of aromatic nitrogens is 1. The number of halogens is 1. The number of rotatable bonds is 4. The quantitative estimate of drug-likeness (QED) is 0.505. The predicted octanol–water partition coefficient (Wildman–Crippen LogP) is 4.52. The number of anilines is 1. The number of nitro groups is 1. The molecule has 0 aliphatic rings. The Labute approximate surface area is 146 Å². The normalized spacial score (nSPS) is 10.8. The minimum atomic E-state index is -0.497. The fourth-order valence-electron chi connectivity index (χ4n) is 2.25. The van der Waals surface area contributed by atoms with E-state index in [0.29, 0.717) is 22.3 Å².